The highest BCUT2D eigenvalue weighted by molar-refractivity contribution is 6.35. The number of hydrogen-bond acceptors (Lipinski definition) is 2. The molecule has 68 valence electrons. The Balaban J connectivity index is 2.66. The zero-order chi connectivity index (χ0) is 9.54. The molecule has 0 saturated carbocycles. The Morgan fingerprint density at radius 2 is 2.00 bits per heavy atom. The number of aromatic amines is 1. The number of halogens is 1. The first-order valence-corrected chi connectivity index (χ1v) is 4.62. The van der Waals surface area contributed by atoms with E-state index in [1.54, 1.807) is 0 Å². The van der Waals surface area contributed by atoms with Crippen molar-refractivity contribution in [2.45, 2.75) is 0 Å². The molecule has 0 saturated heterocycles. The minimum Gasteiger partial charge on any atom is -0.284 e. The SMILES string of the molecule is Clc1nc2ccccc2c2c[nH]nc12. The Morgan fingerprint density at radius 3 is 2.93 bits per heavy atom. The monoisotopic (exact) mass is 203 g/mol. The van der Waals surface area contributed by atoms with Gasteiger partial charge in [0.05, 0.1) is 5.52 Å². The van der Waals surface area contributed by atoms with Crippen LogP contribution < -0.4 is 0 Å². The molecule has 1 N–H and O–H groups in total. The molecule has 0 bridgehead atoms. The Hall–Kier alpha value is -1.61. The van der Waals surface area contributed by atoms with Crippen LogP contribution in [-0.4, -0.2) is 15.2 Å². The summed E-state index contributed by atoms with van der Waals surface area (Å²) in [4.78, 5) is 4.26. The highest BCUT2D eigenvalue weighted by Crippen LogP contribution is 2.26. The molecule has 0 radical (unpaired) electrons. The molecule has 0 amide bonds. The lowest BCUT2D eigenvalue weighted by Gasteiger charge is -1.98. The minimum absolute atomic E-state index is 0.444. The number of benzene rings is 1. The Morgan fingerprint density at radius 1 is 1.14 bits per heavy atom. The highest BCUT2D eigenvalue weighted by atomic mass is 35.5. The van der Waals surface area contributed by atoms with E-state index in [1.165, 1.54) is 0 Å². The van der Waals surface area contributed by atoms with Gasteiger partial charge in [-0.2, -0.15) is 5.10 Å². The fourth-order valence-corrected chi connectivity index (χ4v) is 1.85. The molecule has 0 atom stereocenters. The summed E-state index contributed by atoms with van der Waals surface area (Å²) in [7, 11) is 0. The van der Waals surface area contributed by atoms with Gasteiger partial charge in [-0.05, 0) is 6.07 Å². The van der Waals surface area contributed by atoms with Gasteiger partial charge in [0.1, 0.15) is 5.52 Å². The quantitative estimate of drug-likeness (QED) is 0.571. The van der Waals surface area contributed by atoms with Gasteiger partial charge in [0, 0.05) is 17.0 Å². The third-order valence-corrected chi connectivity index (χ3v) is 2.51. The van der Waals surface area contributed by atoms with E-state index >= 15 is 0 Å². The summed E-state index contributed by atoms with van der Waals surface area (Å²) in [5.74, 6) is 0. The van der Waals surface area contributed by atoms with Crippen molar-refractivity contribution in [3.63, 3.8) is 0 Å². The summed E-state index contributed by atoms with van der Waals surface area (Å²) in [5.41, 5.74) is 1.62. The van der Waals surface area contributed by atoms with Gasteiger partial charge in [-0.1, -0.05) is 29.8 Å². The van der Waals surface area contributed by atoms with Crippen LogP contribution in [0.3, 0.4) is 0 Å². The zero-order valence-corrected chi connectivity index (χ0v) is 7.92. The van der Waals surface area contributed by atoms with E-state index in [2.05, 4.69) is 15.2 Å². The molecule has 0 fully saturated rings. The van der Waals surface area contributed by atoms with Crippen LogP contribution >= 0.6 is 11.6 Å². The highest BCUT2D eigenvalue weighted by Gasteiger charge is 2.07. The molecule has 1 aromatic carbocycles. The predicted octanol–water partition coefficient (Wildman–Crippen LogP) is 2.76. The molecule has 2 aromatic heterocycles. The van der Waals surface area contributed by atoms with Crippen LogP contribution in [-0.2, 0) is 0 Å². The van der Waals surface area contributed by atoms with Gasteiger partial charge in [0.2, 0.25) is 0 Å². The van der Waals surface area contributed by atoms with Crippen LogP contribution in [0.2, 0.25) is 5.15 Å². The number of rotatable bonds is 0. The summed E-state index contributed by atoms with van der Waals surface area (Å²) in [6.45, 7) is 0. The second-order valence-corrected chi connectivity index (χ2v) is 3.43. The van der Waals surface area contributed by atoms with Crippen LogP contribution in [0, 0.1) is 0 Å². The molecule has 0 aliphatic heterocycles. The van der Waals surface area contributed by atoms with E-state index in [1.807, 2.05) is 30.5 Å². The summed E-state index contributed by atoms with van der Waals surface area (Å²) in [5, 5.41) is 9.37. The molecule has 2 heterocycles. The van der Waals surface area contributed by atoms with Crippen molar-refractivity contribution in [3.05, 3.63) is 35.6 Å². The maximum atomic E-state index is 5.98. The molecule has 4 heteroatoms. The number of nitrogens with zero attached hydrogens (tertiary/aromatic N) is 2. The average Bonchev–Trinajstić information content (AvgIpc) is 2.67. The topological polar surface area (TPSA) is 41.6 Å². The number of hydrogen-bond donors (Lipinski definition) is 1. The van der Waals surface area contributed by atoms with Crippen molar-refractivity contribution in [3.8, 4) is 0 Å². The van der Waals surface area contributed by atoms with E-state index in [0.717, 1.165) is 21.8 Å². The van der Waals surface area contributed by atoms with Crippen molar-refractivity contribution in [1.82, 2.24) is 15.2 Å². The van der Waals surface area contributed by atoms with Crippen LogP contribution in [0.15, 0.2) is 30.5 Å². The number of H-pyrrole nitrogens is 1. The van der Waals surface area contributed by atoms with Crippen molar-refractivity contribution >= 4 is 33.4 Å². The minimum atomic E-state index is 0.444. The molecule has 0 unspecified atom stereocenters. The summed E-state index contributed by atoms with van der Waals surface area (Å²) < 4.78 is 0. The van der Waals surface area contributed by atoms with Gasteiger partial charge in [-0.25, -0.2) is 4.98 Å². The molecule has 3 aromatic rings. The zero-order valence-electron chi connectivity index (χ0n) is 7.16. The van der Waals surface area contributed by atoms with Gasteiger partial charge >= 0.3 is 0 Å². The standard InChI is InChI=1S/C10H6ClN3/c11-10-9-7(5-12-14-9)6-3-1-2-4-8(6)13-10/h1-5H,(H,12,14). The van der Waals surface area contributed by atoms with Gasteiger partial charge in [0.15, 0.2) is 5.15 Å². The Bertz CT molecular complexity index is 615. The largest absolute Gasteiger partial charge is 0.284 e. The van der Waals surface area contributed by atoms with Crippen molar-refractivity contribution < 1.29 is 0 Å². The second kappa shape index (κ2) is 2.69. The molecule has 0 aliphatic carbocycles. The molecule has 3 rings (SSSR count). The molecule has 14 heavy (non-hydrogen) atoms. The van der Waals surface area contributed by atoms with E-state index in [-0.39, 0.29) is 0 Å². The van der Waals surface area contributed by atoms with Gasteiger partial charge in [0.25, 0.3) is 0 Å². The third-order valence-electron chi connectivity index (χ3n) is 2.25. The number of para-hydroxylation sites is 1. The lowest BCUT2D eigenvalue weighted by molar-refractivity contribution is 1.12. The van der Waals surface area contributed by atoms with Gasteiger partial charge in [-0.3, -0.25) is 5.10 Å². The van der Waals surface area contributed by atoms with E-state index < -0.39 is 0 Å². The van der Waals surface area contributed by atoms with Crippen LogP contribution in [0.25, 0.3) is 21.8 Å². The molecule has 0 spiro atoms. The van der Waals surface area contributed by atoms with Crippen LogP contribution in [0.1, 0.15) is 0 Å². The third kappa shape index (κ3) is 0.930. The molecule has 3 nitrogen and oxygen atoms in total. The fraction of sp³-hybridized carbons (Fsp3) is 0. The first-order valence-electron chi connectivity index (χ1n) is 4.24. The maximum Gasteiger partial charge on any atom is 0.157 e. The Labute approximate surface area is 84.7 Å². The molecule has 0 aliphatic rings. The van der Waals surface area contributed by atoms with E-state index in [4.69, 9.17) is 11.6 Å². The number of aromatic nitrogens is 3. The summed E-state index contributed by atoms with van der Waals surface area (Å²) in [6.07, 6.45) is 1.84. The smallest absolute Gasteiger partial charge is 0.157 e. The number of nitrogens with one attached hydrogen (secondary N) is 1. The number of pyridine rings is 1. The first-order chi connectivity index (χ1) is 6.86. The van der Waals surface area contributed by atoms with Gasteiger partial charge in [-0.15, -0.1) is 0 Å². The lowest BCUT2D eigenvalue weighted by Crippen LogP contribution is -1.81. The maximum absolute atomic E-state index is 5.98. The Kier molecular flexibility index (Phi) is 1.49. The van der Waals surface area contributed by atoms with Crippen molar-refractivity contribution in [2.24, 2.45) is 0 Å². The normalized spacial score (nSPS) is 11.2. The van der Waals surface area contributed by atoms with Crippen molar-refractivity contribution in [1.29, 1.82) is 0 Å². The van der Waals surface area contributed by atoms with E-state index in [0.29, 0.717) is 5.15 Å². The number of fused-ring (bicyclic) bond motifs is 3. The van der Waals surface area contributed by atoms with Crippen LogP contribution in [0.5, 0.6) is 0 Å². The predicted molar refractivity (Wildman–Crippen MR) is 56.4 cm³/mol. The molecular formula is C10H6ClN3. The fourth-order valence-electron chi connectivity index (χ4n) is 1.61. The lowest BCUT2D eigenvalue weighted by atomic mass is 10.1. The molecular weight excluding hydrogens is 198 g/mol. The second-order valence-electron chi connectivity index (χ2n) is 3.07. The van der Waals surface area contributed by atoms with Gasteiger partial charge < -0.3 is 0 Å². The van der Waals surface area contributed by atoms with Crippen LogP contribution in [0.4, 0.5) is 0 Å². The first kappa shape index (κ1) is 7.76. The summed E-state index contributed by atoms with van der Waals surface area (Å²) >= 11 is 5.98. The summed E-state index contributed by atoms with van der Waals surface area (Å²) in [6, 6.07) is 7.87. The average molecular weight is 204 g/mol. The van der Waals surface area contributed by atoms with E-state index in [9.17, 15) is 0 Å². The van der Waals surface area contributed by atoms with Crippen molar-refractivity contribution in [2.75, 3.05) is 0 Å².